The van der Waals surface area contributed by atoms with E-state index in [-0.39, 0.29) is 23.7 Å². The van der Waals surface area contributed by atoms with Gasteiger partial charge in [-0.05, 0) is 25.3 Å². The number of nitrogens with zero attached hydrogens (tertiary/aromatic N) is 1. The van der Waals surface area contributed by atoms with Crippen molar-refractivity contribution in [3.05, 3.63) is 35.9 Å². The molecule has 114 valence electrons. The van der Waals surface area contributed by atoms with Crippen molar-refractivity contribution in [3.8, 4) is 0 Å². The van der Waals surface area contributed by atoms with Gasteiger partial charge in [-0.15, -0.1) is 0 Å². The second kappa shape index (κ2) is 5.78. The number of amides is 1. The summed E-state index contributed by atoms with van der Waals surface area (Å²) in [4.78, 5) is 15.0. The Morgan fingerprint density at radius 2 is 2.00 bits per heavy atom. The second-order valence-corrected chi connectivity index (χ2v) is 6.26. The minimum absolute atomic E-state index is 0.0399. The van der Waals surface area contributed by atoms with Crippen LogP contribution in [0.2, 0.25) is 0 Å². The molecule has 2 unspecified atom stereocenters. The van der Waals surface area contributed by atoms with Gasteiger partial charge in [0.25, 0.3) is 0 Å². The van der Waals surface area contributed by atoms with Crippen molar-refractivity contribution in [1.82, 2.24) is 10.2 Å². The van der Waals surface area contributed by atoms with Gasteiger partial charge in [-0.3, -0.25) is 10.1 Å². The van der Waals surface area contributed by atoms with Crippen molar-refractivity contribution < 1.29 is 9.53 Å². The molecule has 1 saturated heterocycles. The fraction of sp³-hybridized carbons (Fsp3) is 0.588. The second-order valence-electron chi connectivity index (χ2n) is 6.26. The third-order valence-electron chi connectivity index (χ3n) is 4.79. The van der Waals surface area contributed by atoms with Crippen LogP contribution in [0, 0.1) is 0 Å². The molecule has 3 rings (SSSR count). The Bertz CT molecular complexity index is 497. The summed E-state index contributed by atoms with van der Waals surface area (Å²) in [7, 11) is 1.69. The molecule has 1 heterocycles. The molecular weight excluding hydrogens is 264 g/mol. The molecule has 1 amide bonds. The monoisotopic (exact) mass is 288 g/mol. The summed E-state index contributed by atoms with van der Waals surface area (Å²) in [5.41, 5.74) is 0.806. The van der Waals surface area contributed by atoms with Crippen LogP contribution in [0.5, 0.6) is 0 Å². The Labute approximate surface area is 126 Å². The molecule has 2 fully saturated rings. The van der Waals surface area contributed by atoms with E-state index in [0.29, 0.717) is 6.61 Å². The zero-order chi connectivity index (χ0) is 14.9. The van der Waals surface area contributed by atoms with E-state index in [2.05, 4.69) is 24.4 Å². The first-order chi connectivity index (χ1) is 10.2. The van der Waals surface area contributed by atoms with Gasteiger partial charge in [0.1, 0.15) is 6.17 Å². The summed E-state index contributed by atoms with van der Waals surface area (Å²) in [6, 6.07) is 10.3. The van der Waals surface area contributed by atoms with Crippen molar-refractivity contribution in [2.24, 2.45) is 0 Å². The fourth-order valence-corrected chi connectivity index (χ4v) is 3.75. The van der Waals surface area contributed by atoms with Crippen LogP contribution >= 0.6 is 0 Å². The van der Waals surface area contributed by atoms with Crippen LogP contribution in [0.1, 0.15) is 44.3 Å². The van der Waals surface area contributed by atoms with Crippen LogP contribution in [0.15, 0.2) is 30.3 Å². The number of carbonyl (C=O) groups is 1. The number of carbonyl (C=O) groups excluding carboxylic acids is 1. The Morgan fingerprint density at radius 1 is 1.33 bits per heavy atom. The summed E-state index contributed by atoms with van der Waals surface area (Å²) >= 11 is 0. The molecule has 4 nitrogen and oxygen atoms in total. The summed E-state index contributed by atoms with van der Waals surface area (Å²) in [6.45, 7) is 2.62. The number of rotatable bonds is 4. The van der Waals surface area contributed by atoms with Crippen LogP contribution < -0.4 is 5.32 Å². The first kappa shape index (κ1) is 14.5. The molecule has 2 aliphatic rings. The molecule has 0 bridgehead atoms. The third kappa shape index (κ3) is 2.47. The minimum atomic E-state index is -0.345. The van der Waals surface area contributed by atoms with E-state index in [4.69, 9.17) is 4.74 Å². The van der Waals surface area contributed by atoms with Gasteiger partial charge in [0.2, 0.25) is 5.91 Å². The van der Waals surface area contributed by atoms with Gasteiger partial charge in [0, 0.05) is 7.11 Å². The maximum absolute atomic E-state index is 13.0. The van der Waals surface area contributed by atoms with Gasteiger partial charge in [0.05, 0.1) is 18.2 Å². The number of nitrogens with one attached hydrogen (secondary N) is 1. The molecule has 1 N–H and O–H groups in total. The average molecular weight is 288 g/mol. The predicted octanol–water partition coefficient (Wildman–Crippen LogP) is 2.46. The largest absolute Gasteiger partial charge is 0.383 e. The van der Waals surface area contributed by atoms with Gasteiger partial charge in [0.15, 0.2) is 0 Å². The maximum atomic E-state index is 13.0. The van der Waals surface area contributed by atoms with Gasteiger partial charge < -0.3 is 9.64 Å². The van der Waals surface area contributed by atoms with Crippen LogP contribution in [-0.2, 0) is 9.53 Å². The summed E-state index contributed by atoms with van der Waals surface area (Å²) in [6.07, 6.45) is 4.12. The molecule has 0 aromatic heterocycles. The van der Waals surface area contributed by atoms with Crippen molar-refractivity contribution in [3.63, 3.8) is 0 Å². The minimum Gasteiger partial charge on any atom is -0.383 e. The number of hydrogen-bond donors (Lipinski definition) is 1. The van der Waals surface area contributed by atoms with E-state index >= 15 is 0 Å². The van der Waals surface area contributed by atoms with Gasteiger partial charge in [-0.2, -0.15) is 0 Å². The highest BCUT2D eigenvalue weighted by Crippen LogP contribution is 2.41. The molecule has 21 heavy (non-hydrogen) atoms. The predicted molar refractivity (Wildman–Crippen MR) is 81.7 cm³/mol. The lowest BCUT2D eigenvalue weighted by Gasteiger charge is -2.30. The molecule has 4 heteroatoms. The Balaban J connectivity index is 1.94. The molecule has 1 aliphatic heterocycles. The smallest absolute Gasteiger partial charge is 0.244 e. The van der Waals surface area contributed by atoms with E-state index in [0.717, 1.165) is 31.2 Å². The molecular formula is C17H24N2O2. The van der Waals surface area contributed by atoms with Gasteiger partial charge >= 0.3 is 0 Å². The number of benzene rings is 1. The molecule has 1 spiro atoms. The van der Waals surface area contributed by atoms with Gasteiger partial charge in [-0.25, -0.2) is 0 Å². The van der Waals surface area contributed by atoms with E-state index < -0.39 is 0 Å². The average Bonchev–Trinajstić information content (AvgIpc) is 3.08. The number of ether oxygens (including phenoxy) is 1. The highest BCUT2D eigenvalue weighted by atomic mass is 16.5. The first-order valence-corrected chi connectivity index (χ1v) is 7.82. The van der Waals surface area contributed by atoms with Gasteiger partial charge in [-0.1, -0.05) is 43.2 Å². The van der Waals surface area contributed by atoms with Crippen molar-refractivity contribution in [2.75, 3.05) is 13.7 Å². The first-order valence-electron chi connectivity index (χ1n) is 7.82. The topological polar surface area (TPSA) is 41.6 Å². The lowest BCUT2D eigenvalue weighted by molar-refractivity contribution is -0.136. The standard InChI is InChI=1S/C17H24N2O2/c1-13(12-21-2)19-15(14-8-4-3-5-9-14)18-17(16(19)20)10-6-7-11-17/h3-5,8-9,13,15,18H,6-7,10-12H2,1-2H3. The Morgan fingerprint density at radius 3 is 2.62 bits per heavy atom. The van der Waals surface area contributed by atoms with Crippen LogP contribution in [-0.4, -0.2) is 36.1 Å². The summed E-state index contributed by atoms with van der Waals surface area (Å²) in [5, 5.41) is 3.64. The molecule has 1 saturated carbocycles. The Hall–Kier alpha value is -1.39. The molecule has 2 atom stereocenters. The molecule has 1 aromatic carbocycles. The van der Waals surface area contributed by atoms with E-state index in [1.165, 1.54) is 0 Å². The van der Waals surface area contributed by atoms with Crippen LogP contribution in [0.3, 0.4) is 0 Å². The summed E-state index contributed by atoms with van der Waals surface area (Å²) in [5.74, 6) is 0.249. The number of hydrogen-bond acceptors (Lipinski definition) is 3. The van der Waals surface area contributed by atoms with Crippen molar-refractivity contribution >= 4 is 5.91 Å². The van der Waals surface area contributed by atoms with Crippen LogP contribution in [0.25, 0.3) is 0 Å². The van der Waals surface area contributed by atoms with E-state index in [1.807, 2.05) is 23.1 Å². The molecule has 1 aliphatic carbocycles. The SMILES string of the molecule is COCC(C)N1C(=O)C2(CCCC2)NC1c1ccccc1. The quantitative estimate of drug-likeness (QED) is 0.925. The third-order valence-corrected chi connectivity index (χ3v) is 4.79. The number of methoxy groups -OCH3 is 1. The molecule has 1 aromatic rings. The zero-order valence-corrected chi connectivity index (χ0v) is 12.8. The fourth-order valence-electron chi connectivity index (χ4n) is 3.75. The van der Waals surface area contributed by atoms with Crippen molar-refractivity contribution in [2.45, 2.75) is 50.4 Å². The zero-order valence-electron chi connectivity index (χ0n) is 12.8. The van der Waals surface area contributed by atoms with E-state index in [1.54, 1.807) is 7.11 Å². The van der Waals surface area contributed by atoms with Crippen LogP contribution in [0.4, 0.5) is 0 Å². The summed E-state index contributed by atoms with van der Waals surface area (Å²) < 4.78 is 5.28. The van der Waals surface area contributed by atoms with Crippen molar-refractivity contribution in [1.29, 1.82) is 0 Å². The molecule has 0 radical (unpaired) electrons. The normalized spacial score (nSPS) is 25.7. The highest BCUT2D eigenvalue weighted by Gasteiger charge is 2.53. The lowest BCUT2D eigenvalue weighted by atomic mass is 9.97. The Kier molecular flexibility index (Phi) is 4.00. The van der Waals surface area contributed by atoms with E-state index in [9.17, 15) is 4.79 Å². The highest BCUT2D eigenvalue weighted by molar-refractivity contribution is 5.89. The lowest BCUT2D eigenvalue weighted by Crippen LogP contribution is -2.45. The maximum Gasteiger partial charge on any atom is 0.244 e.